The summed E-state index contributed by atoms with van der Waals surface area (Å²) in [5, 5.41) is 15.3. The number of nitrogens with zero attached hydrogens (tertiary/aromatic N) is 6. The van der Waals surface area contributed by atoms with Crippen LogP contribution < -0.4 is 10.1 Å². The van der Waals surface area contributed by atoms with Crippen molar-refractivity contribution < 1.29 is 9.53 Å². The molecule has 1 saturated carbocycles. The van der Waals surface area contributed by atoms with Gasteiger partial charge >= 0.3 is 0 Å². The van der Waals surface area contributed by atoms with Crippen LogP contribution in [0.15, 0.2) is 60.0 Å². The average molecular weight is 421 g/mol. The van der Waals surface area contributed by atoms with E-state index in [1.165, 1.54) is 11.8 Å². The van der Waals surface area contributed by atoms with Crippen molar-refractivity contribution in [2.24, 2.45) is 0 Å². The molecule has 0 aliphatic heterocycles. The summed E-state index contributed by atoms with van der Waals surface area (Å²) in [6.45, 7) is 0.346. The number of carbonyl (C=O) groups is 1. The van der Waals surface area contributed by atoms with Gasteiger partial charge in [0, 0.05) is 24.1 Å². The molecular weight excluding hydrogens is 402 g/mol. The maximum Gasteiger partial charge on any atom is 0.234 e. The third kappa shape index (κ3) is 4.28. The van der Waals surface area contributed by atoms with E-state index in [9.17, 15) is 4.79 Å². The number of anilines is 1. The number of carbonyl (C=O) groups excluding carboxylic acids is 1. The number of hydrogen-bond acceptors (Lipinski definition) is 7. The number of pyridine rings is 1. The smallest absolute Gasteiger partial charge is 0.234 e. The number of thioether (sulfide) groups is 1. The highest BCUT2D eigenvalue weighted by atomic mass is 32.2. The lowest BCUT2D eigenvalue weighted by Crippen LogP contribution is -2.14. The molecule has 4 aromatic rings. The van der Waals surface area contributed by atoms with Gasteiger partial charge in [-0.05, 0) is 47.5 Å². The number of hydrogen-bond donors (Lipinski definition) is 1. The van der Waals surface area contributed by atoms with Crippen LogP contribution in [-0.4, -0.2) is 41.3 Å². The van der Waals surface area contributed by atoms with Crippen molar-refractivity contribution >= 4 is 29.0 Å². The maximum atomic E-state index is 12.3. The van der Waals surface area contributed by atoms with Gasteiger partial charge in [-0.2, -0.15) is 0 Å². The van der Waals surface area contributed by atoms with E-state index in [2.05, 4.69) is 25.8 Å². The SMILES string of the molecule is O=C(CSc1nnnn1C1CC1)Nc1cccc(OCc2cn3ccccc3n2)c1. The lowest BCUT2D eigenvalue weighted by Gasteiger charge is -2.08. The van der Waals surface area contributed by atoms with Gasteiger partial charge in [0.15, 0.2) is 0 Å². The molecule has 1 aromatic carbocycles. The van der Waals surface area contributed by atoms with Gasteiger partial charge < -0.3 is 14.5 Å². The molecule has 5 rings (SSSR count). The first-order valence-electron chi connectivity index (χ1n) is 9.60. The molecule has 1 fully saturated rings. The van der Waals surface area contributed by atoms with Crippen molar-refractivity contribution in [3.63, 3.8) is 0 Å². The van der Waals surface area contributed by atoms with Gasteiger partial charge in [0.2, 0.25) is 11.1 Å². The van der Waals surface area contributed by atoms with Gasteiger partial charge in [-0.25, -0.2) is 9.67 Å². The largest absolute Gasteiger partial charge is 0.487 e. The van der Waals surface area contributed by atoms with E-state index in [1.807, 2.05) is 53.2 Å². The second-order valence-electron chi connectivity index (χ2n) is 6.99. The molecule has 0 unspecified atom stereocenters. The fraction of sp³-hybridized carbons (Fsp3) is 0.250. The van der Waals surface area contributed by atoms with Crippen molar-refractivity contribution in [2.45, 2.75) is 30.6 Å². The molecule has 10 heteroatoms. The van der Waals surface area contributed by atoms with Gasteiger partial charge in [0.25, 0.3) is 0 Å². The van der Waals surface area contributed by atoms with Crippen molar-refractivity contribution in [3.8, 4) is 5.75 Å². The van der Waals surface area contributed by atoms with E-state index >= 15 is 0 Å². The van der Waals surface area contributed by atoms with Gasteiger partial charge in [-0.1, -0.05) is 23.9 Å². The number of ether oxygens (including phenoxy) is 1. The molecule has 9 nitrogen and oxygen atoms in total. The first-order valence-corrected chi connectivity index (χ1v) is 10.6. The van der Waals surface area contributed by atoms with Crippen LogP contribution in [0.3, 0.4) is 0 Å². The highest BCUT2D eigenvalue weighted by Crippen LogP contribution is 2.36. The summed E-state index contributed by atoms with van der Waals surface area (Å²) in [6.07, 6.45) is 6.07. The lowest BCUT2D eigenvalue weighted by molar-refractivity contribution is -0.113. The Balaban J connectivity index is 1.16. The molecule has 152 valence electrons. The zero-order valence-electron chi connectivity index (χ0n) is 16.0. The van der Waals surface area contributed by atoms with E-state index in [0.29, 0.717) is 29.2 Å². The molecule has 0 bridgehead atoms. The number of benzene rings is 1. The van der Waals surface area contributed by atoms with Gasteiger partial charge in [0.05, 0.1) is 17.5 Å². The maximum absolute atomic E-state index is 12.3. The van der Waals surface area contributed by atoms with Crippen LogP contribution in [0.5, 0.6) is 5.75 Å². The number of rotatable bonds is 8. The van der Waals surface area contributed by atoms with Crippen LogP contribution in [0.4, 0.5) is 5.69 Å². The monoisotopic (exact) mass is 421 g/mol. The highest BCUT2D eigenvalue weighted by molar-refractivity contribution is 7.99. The number of imidazole rings is 1. The Bertz CT molecular complexity index is 1150. The fourth-order valence-electron chi connectivity index (χ4n) is 3.03. The number of fused-ring (bicyclic) bond motifs is 1. The molecule has 0 spiro atoms. The minimum atomic E-state index is -0.122. The zero-order valence-corrected chi connectivity index (χ0v) is 16.8. The third-order valence-electron chi connectivity index (χ3n) is 4.61. The normalized spacial score (nSPS) is 13.5. The standard InChI is InChI=1S/C20H19N7O2S/c28-19(13-30-20-23-24-25-27(20)16-7-8-16)22-14-4-3-5-17(10-14)29-12-15-11-26-9-2-1-6-18(26)21-15/h1-6,9-11,16H,7-8,12-13H2,(H,22,28). The Morgan fingerprint density at radius 3 is 3.03 bits per heavy atom. The van der Waals surface area contributed by atoms with Gasteiger partial charge in [-0.3, -0.25) is 4.79 Å². The summed E-state index contributed by atoms with van der Waals surface area (Å²) in [5.41, 5.74) is 2.39. The van der Waals surface area contributed by atoms with Gasteiger partial charge in [0.1, 0.15) is 18.0 Å². The predicted octanol–water partition coefficient (Wildman–Crippen LogP) is 2.97. The van der Waals surface area contributed by atoms with Crippen molar-refractivity contribution in [3.05, 3.63) is 60.6 Å². The second kappa shape index (κ2) is 8.15. The molecule has 0 atom stereocenters. The van der Waals surface area contributed by atoms with E-state index in [-0.39, 0.29) is 11.7 Å². The van der Waals surface area contributed by atoms with E-state index in [1.54, 1.807) is 10.7 Å². The zero-order chi connectivity index (χ0) is 20.3. The van der Waals surface area contributed by atoms with Crippen LogP contribution in [-0.2, 0) is 11.4 Å². The number of tetrazole rings is 1. The van der Waals surface area contributed by atoms with Crippen LogP contribution in [0.1, 0.15) is 24.6 Å². The van der Waals surface area contributed by atoms with Crippen LogP contribution >= 0.6 is 11.8 Å². The molecule has 1 N–H and O–H groups in total. The minimum Gasteiger partial charge on any atom is -0.487 e. The van der Waals surface area contributed by atoms with Crippen LogP contribution in [0.2, 0.25) is 0 Å². The Morgan fingerprint density at radius 1 is 1.23 bits per heavy atom. The first-order chi connectivity index (χ1) is 14.7. The van der Waals surface area contributed by atoms with Crippen molar-refractivity contribution in [1.82, 2.24) is 29.6 Å². The topological polar surface area (TPSA) is 99.2 Å². The summed E-state index contributed by atoms with van der Waals surface area (Å²) in [5.74, 6) is 0.775. The fourth-order valence-corrected chi connectivity index (χ4v) is 3.78. The summed E-state index contributed by atoms with van der Waals surface area (Å²) in [4.78, 5) is 16.8. The Morgan fingerprint density at radius 2 is 2.17 bits per heavy atom. The Hall–Kier alpha value is -3.40. The summed E-state index contributed by atoms with van der Waals surface area (Å²) >= 11 is 1.34. The third-order valence-corrected chi connectivity index (χ3v) is 5.54. The summed E-state index contributed by atoms with van der Waals surface area (Å²) < 4.78 is 9.60. The number of aromatic nitrogens is 6. The molecule has 0 radical (unpaired) electrons. The van der Waals surface area contributed by atoms with Crippen LogP contribution in [0, 0.1) is 0 Å². The molecule has 1 aliphatic rings. The minimum absolute atomic E-state index is 0.122. The van der Waals surface area contributed by atoms with Crippen LogP contribution in [0.25, 0.3) is 5.65 Å². The van der Waals surface area contributed by atoms with E-state index in [4.69, 9.17) is 4.74 Å². The molecular formula is C20H19N7O2S. The van der Waals surface area contributed by atoms with Crippen molar-refractivity contribution in [2.75, 3.05) is 11.1 Å². The van der Waals surface area contributed by atoms with Gasteiger partial charge in [-0.15, -0.1) is 5.10 Å². The summed E-state index contributed by atoms with van der Waals surface area (Å²) in [6, 6.07) is 13.5. The Kier molecular flexibility index (Phi) is 5.06. The Labute approximate surface area is 176 Å². The lowest BCUT2D eigenvalue weighted by atomic mass is 10.3. The molecule has 0 saturated heterocycles. The number of amides is 1. The second-order valence-corrected chi connectivity index (χ2v) is 7.93. The van der Waals surface area contributed by atoms with Crippen molar-refractivity contribution in [1.29, 1.82) is 0 Å². The number of nitrogens with one attached hydrogen (secondary N) is 1. The molecule has 30 heavy (non-hydrogen) atoms. The first kappa shape index (κ1) is 18.6. The average Bonchev–Trinajstić information content (AvgIpc) is 3.34. The predicted molar refractivity (Wildman–Crippen MR) is 111 cm³/mol. The molecule has 3 aromatic heterocycles. The molecule has 1 aliphatic carbocycles. The summed E-state index contributed by atoms with van der Waals surface area (Å²) in [7, 11) is 0. The van der Waals surface area contributed by atoms with E-state index in [0.717, 1.165) is 24.2 Å². The molecule has 3 heterocycles. The quantitative estimate of drug-likeness (QED) is 0.437. The van der Waals surface area contributed by atoms with E-state index < -0.39 is 0 Å². The molecule has 1 amide bonds. The highest BCUT2D eigenvalue weighted by Gasteiger charge is 2.28.